The fourth-order valence-corrected chi connectivity index (χ4v) is 2.67. The molecule has 1 rings (SSSR count). The summed E-state index contributed by atoms with van der Waals surface area (Å²) in [4.78, 5) is 13.6. The topological polar surface area (TPSA) is 52.6 Å². The quantitative estimate of drug-likeness (QED) is 0.762. The summed E-state index contributed by atoms with van der Waals surface area (Å²) in [6.07, 6.45) is 3.21. The van der Waals surface area contributed by atoms with Crippen molar-refractivity contribution < 1.29 is 9.90 Å². The maximum absolute atomic E-state index is 11.2. The highest BCUT2D eigenvalue weighted by Gasteiger charge is 2.25. The molecule has 0 radical (unpaired) electrons. The Hall–Kier alpha value is -0.610. The number of hydrogen-bond acceptors (Lipinski definition) is 3. The zero-order valence-electron chi connectivity index (χ0n) is 12.1. The number of aliphatic carboxylic acids is 1. The molecule has 1 aliphatic rings. The molecule has 1 aliphatic heterocycles. The number of carbonyl (C=O) groups is 1. The molecule has 0 aromatic heterocycles. The van der Waals surface area contributed by atoms with Crippen molar-refractivity contribution in [3.8, 4) is 0 Å². The fraction of sp³-hybridized carbons (Fsp3) is 0.929. The molecule has 1 fully saturated rings. The molecule has 0 saturated carbocycles. The summed E-state index contributed by atoms with van der Waals surface area (Å²) in [7, 11) is 0. The maximum Gasteiger partial charge on any atom is 0.320 e. The predicted octanol–water partition coefficient (Wildman–Crippen LogP) is 1.95. The molecule has 0 amide bonds. The second kappa shape index (κ2) is 7.10. The van der Waals surface area contributed by atoms with Crippen LogP contribution in [0.25, 0.3) is 0 Å². The average molecular weight is 256 g/mol. The first-order chi connectivity index (χ1) is 8.40. The molecule has 0 aliphatic carbocycles. The van der Waals surface area contributed by atoms with Gasteiger partial charge >= 0.3 is 5.97 Å². The molecule has 2 N–H and O–H groups in total. The lowest BCUT2D eigenvalue weighted by atomic mass is 9.94. The minimum absolute atomic E-state index is 0.212. The number of piperidine rings is 1. The molecule has 0 aromatic rings. The standard InChI is InChI=1S/C14H28N2O2/c1-10(2)15-13(14(17)18)7-8-16-9-11(3)5-6-12(16)4/h10-13,15H,5-9H2,1-4H3,(H,17,18). The van der Waals surface area contributed by atoms with Gasteiger partial charge in [-0.2, -0.15) is 0 Å². The summed E-state index contributed by atoms with van der Waals surface area (Å²) in [5, 5.41) is 12.3. The summed E-state index contributed by atoms with van der Waals surface area (Å²) >= 11 is 0. The normalized spacial score (nSPS) is 27.4. The van der Waals surface area contributed by atoms with Crippen LogP contribution in [0.4, 0.5) is 0 Å². The van der Waals surface area contributed by atoms with Gasteiger partial charge in [0.1, 0.15) is 6.04 Å². The first kappa shape index (κ1) is 15.4. The van der Waals surface area contributed by atoms with E-state index < -0.39 is 12.0 Å². The number of nitrogens with zero attached hydrogens (tertiary/aromatic N) is 1. The van der Waals surface area contributed by atoms with Crippen LogP contribution in [0.15, 0.2) is 0 Å². The van der Waals surface area contributed by atoms with Gasteiger partial charge in [-0.15, -0.1) is 0 Å². The van der Waals surface area contributed by atoms with Crippen molar-refractivity contribution in [1.29, 1.82) is 0 Å². The Morgan fingerprint density at radius 1 is 1.39 bits per heavy atom. The van der Waals surface area contributed by atoms with Crippen LogP contribution in [0.5, 0.6) is 0 Å². The van der Waals surface area contributed by atoms with Gasteiger partial charge in [0.25, 0.3) is 0 Å². The second-order valence-corrected chi connectivity index (χ2v) is 6.03. The Balaban J connectivity index is 2.43. The highest BCUT2D eigenvalue weighted by atomic mass is 16.4. The van der Waals surface area contributed by atoms with Crippen LogP contribution in [0.2, 0.25) is 0 Å². The number of carboxylic acids is 1. The molecule has 4 heteroatoms. The number of nitrogens with one attached hydrogen (secondary N) is 1. The molecule has 1 heterocycles. The van der Waals surface area contributed by atoms with E-state index in [1.54, 1.807) is 0 Å². The Labute approximate surface area is 111 Å². The lowest BCUT2D eigenvalue weighted by Gasteiger charge is -2.37. The molecule has 106 valence electrons. The van der Waals surface area contributed by atoms with Gasteiger partial charge in [-0.25, -0.2) is 0 Å². The SMILES string of the molecule is CC1CCC(C)N(CCC(NC(C)C)C(=O)O)C1. The molecule has 18 heavy (non-hydrogen) atoms. The largest absolute Gasteiger partial charge is 0.480 e. The lowest BCUT2D eigenvalue weighted by Crippen LogP contribution is -2.46. The van der Waals surface area contributed by atoms with Crippen LogP contribution < -0.4 is 5.32 Å². The van der Waals surface area contributed by atoms with E-state index in [2.05, 4.69) is 24.1 Å². The van der Waals surface area contributed by atoms with Crippen LogP contribution in [0, 0.1) is 5.92 Å². The number of carboxylic acid groups (broad SMARTS) is 1. The number of hydrogen-bond donors (Lipinski definition) is 2. The molecule has 3 unspecified atom stereocenters. The minimum atomic E-state index is -0.735. The van der Waals surface area contributed by atoms with Crippen molar-refractivity contribution in [2.24, 2.45) is 5.92 Å². The van der Waals surface area contributed by atoms with Gasteiger partial charge in [0, 0.05) is 25.2 Å². The van der Waals surface area contributed by atoms with Crippen LogP contribution in [-0.4, -0.2) is 47.2 Å². The Bertz CT molecular complexity index is 269. The van der Waals surface area contributed by atoms with E-state index in [0.717, 1.165) is 19.0 Å². The maximum atomic E-state index is 11.2. The van der Waals surface area contributed by atoms with E-state index >= 15 is 0 Å². The van der Waals surface area contributed by atoms with Crippen LogP contribution in [0.3, 0.4) is 0 Å². The number of rotatable bonds is 6. The third kappa shape index (κ3) is 4.94. The van der Waals surface area contributed by atoms with Crippen molar-refractivity contribution in [2.45, 2.75) is 65.1 Å². The minimum Gasteiger partial charge on any atom is -0.480 e. The van der Waals surface area contributed by atoms with Gasteiger partial charge in [-0.1, -0.05) is 20.8 Å². The first-order valence-electron chi connectivity index (χ1n) is 7.13. The Kier molecular flexibility index (Phi) is 6.09. The smallest absolute Gasteiger partial charge is 0.320 e. The molecular weight excluding hydrogens is 228 g/mol. The third-order valence-corrected chi connectivity index (χ3v) is 3.78. The summed E-state index contributed by atoms with van der Waals surface area (Å²) in [6, 6.07) is 0.382. The average Bonchev–Trinajstić information content (AvgIpc) is 2.27. The van der Waals surface area contributed by atoms with Crippen molar-refractivity contribution >= 4 is 5.97 Å². The first-order valence-corrected chi connectivity index (χ1v) is 7.13. The van der Waals surface area contributed by atoms with Gasteiger partial charge in [0.2, 0.25) is 0 Å². The molecule has 4 nitrogen and oxygen atoms in total. The van der Waals surface area contributed by atoms with Crippen molar-refractivity contribution in [3.63, 3.8) is 0 Å². The summed E-state index contributed by atoms with van der Waals surface area (Å²) in [5.41, 5.74) is 0. The second-order valence-electron chi connectivity index (χ2n) is 6.03. The van der Waals surface area contributed by atoms with E-state index in [-0.39, 0.29) is 6.04 Å². The Morgan fingerprint density at radius 2 is 2.06 bits per heavy atom. The van der Waals surface area contributed by atoms with E-state index in [1.807, 2.05) is 13.8 Å². The van der Waals surface area contributed by atoms with E-state index in [0.29, 0.717) is 12.5 Å². The van der Waals surface area contributed by atoms with Crippen molar-refractivity contribution in [1.82, 2.24) is 10.2 Å². The Morgan fingerprint density at radius 3 is 2.61 bits per heavy atom. The van der Waals surface area contributed by atoms with E-state index in [4.69, 9.17) is 0 Å². The lowest BCUT2D eigenvalue weighted by molar-refractivity contribution is -0.140. The van der Waals surface area contributed by atoms with Crippen LogP contribution in [-0.2, 0) is 4.79 Å². The van der Waals surface area contributed by atoms with Crippen LogP contribution in [0.1, 0.15) is 47.0 Å². The van der Waals surface area contributed by atoms with Gasteiger partial charge in [-0.3, -0.25) is 4.79 Å². The van der Waals surface area contributed by atoms with E-state index in [1.165, 1.54) is 12.8 Å². The summed E-state index contributed by atoms with van der Waals surface area (Å²) in [6.45, 7) is 10.5. The van der Waals surface area contributed by atoms with Gasteiger partial charge in [-0.05, 0) is 32.1 Å². The van der Waals surface area contributed by atoms with Crippen LogP contribution >= 0.6 is 0 Å². The highest BCUT2D eigenvalue weighted by Crippen LogP contribution is 2.21. The zero-order chi connectivity index (χ0) is 13.7. The molecule has 1 saturated heterocycles. The fourth-order valence-electron chi connectivity index (χ4n) is 2.67. The third-order valence-electron chi connectivity index (χ3n) is 3.78. The molecule has 3 atom stereocenters. The zero-order valence-corrected chi connectivity index (χ0v) is 12.1. The van der Waals surface area contributed by atoms with Gasteiger partial charge < -0.3 is 15.3 Å². The van der Waals surface area contributed by atoms with Gasteiger partial charge in [0.15, 0.2) is 0 Å². The highest BCUT2D eigenvalue weighted by molar-refractivity contribution is 5.73. The van der Waals surface area contributed by atoms with Crippen molar-refractivity contribution in [3.05, 3.63) is 0 Å². The summed E-state index contributed by atoms with van der Waals surface area (Å²) < 4.78 is 0. The monoisotopic (exact) mass is 256 g/mol. The summed E-state index contributed by atoms with van der Waals surface area (Å²) in [5.74, 6) is 0.00365. The van der Waals surface area contributed by atoms with E-state index in [9.17, 15) is 9.90 Å². The van der Waals surface area contributed by atoms with Crippen molar-refractivity contribution in [2.75, 3.05) is 13.1 Å². The molecule has 0 spiro atoms. The molecule has 0 bridgehead atoms. The van der Waals surface area contributed by atoms with Gasteiger partial charge in [0.05, 0.1) is 0 Å². The molecule has 0 aromatic carbocycles. The predicted molar refractivity (Wildman–Crippen MR) is 73.7 cm³/mol. The molecular formula is C14H28N2O2. The number of likely N-dealkylation sites (tertiary alicyclic amines) is 1.